The van der Waals surface area contributed by atoms with Crippen molar-refractivity contribution in [2.24, 2.45) is 0 Å². The third kappa shape index (κ3) is 4.62. The molecule has 0 spiro atoms. The van der Waals surface area contributed by atoms with Gasteiger partial charge in [0.1, 0.15) is 5.60 Å². The van der Waals surface area contributed by atoms with Gasteiger partial charge in [0.15, 0.2) is 0 Å². The second kappa shape index (κ2) is 6.22. The first kappa shape index (κ1) is 16.1. The molecule has 0 aliphatic rings. The molecular formula is C17H23N3O2. The monoisotopic (exact) mass is 301 g/mol. The Balaban J connectivity index is 2.05. The maximum atomic E-state index is 11.9. The van der Waals surface area contributed by atoms with Crippen molar-refractivity contribution in [1.29, 1.82) is 0 Å². The van der Waals surface area contributed by atoms with Crippen LogP contribution < -0.4 is 5.73 Å². The fourth-order valence-corrected chi connectivity index (χ4v) is 2.16. The van der Waals surface area contributed by atoms with Gasteiger partial charge in [0.25, 0.3) is 0 Å². The first-order valence-electron chi connectivity index (χ1n) is 7.32. The summed E-state index contributed by atoms with van der Waals surface area (Å²) in [5.41, 5.74) is 8.81. The summed E-state index contributed by atoms with van der Waals surface area (Å²) < 4.78 is 7.18. The highest BCUT2D eigenvalue weighted by Gasteiger charge is 2.18. The van der Waals surface area contributed by atoms with Crippen molar-refractivity contribution in [3.63, 3.8) is 0 Å². The van der Waals surface area contributed by atoms with Crippen molar-refractivity contribution >= 4 is 11.7 Å². The molecule has 2 aromatic rings. The van der Waals surface area contributed by atoms with Crippen molar-refractivity contribution in [3.05, 3.63) is 47.3 Å². The van der Waals surface area contributed by atoms with E-state index < -0.39 is 5.60 Å². The zero-order valence-corrected chi connectivity index (χ0v) is 13.6. The average molecular weight is 301 g/mol. The summed E-state index contributed by atoms with van der Waals surface area (Å²) in [5.74, 6) is -0.234. The number of esters is 1. The molecule has 118 valence electrons. The summed E-state index contributed by atoms with van der Waals surface area (Å²) in [4.78, 5) is 11.9. The number of benzene rings is 1. The Labute approximate surface area is 131 Å². The summed E-state index contributed by atoms with van der Waals surface area (Å²) in [6.45, 7) is 8.14. The van der Waals surface area contributed by atoms with Gasteiger partial charge >= 0.3 is 5.97 Å². The Hall–Kier alpha value is -2.30. The zero-order chi connectivity index (χ0) is 16.3. The molecule has 1 heterocycles. The van der Waals surface area contributed by atoms with Crippen molar-refractivity contribution in [2.75, 3.05) is 5.73 Å². The van der Waals surface area contributed by atoms with Crippen LogP contribution in [0.5, 0.6) is 0 Å². The minimum atomic E-state index is -0.467. The van der Waals surface area contributed by atoms with E-state index in [-0.39, 0.29) is 12.4 Å². The van der Waals surface area contributed by atoms with Crippen LogP contribution in [-0.2, 0) is 22.5 Å². The number of aromatic nitrogens is 2. The van der Waals surface area contributed by atoms with Crippen LogP contribution in [0.3, 0.4) is 0 Å². The van der Waals surface area contributed by atoms with Gasteiger partial charge in [-0.05, 0) is 45.4 Å². The fraction of sp³-hybridized carbons (Fsp3) is 0.412. The second-order valence-electron chi connectivity index (χ2n) is 6.44. The molecule has 1 aromatic heterocycles. The van der Waals surface area contributed by atoms with E-state index >= 15 is 0 Å². The molecule has 0 saturated carbocycles. The van der Waals surface area contributed by atoms with Crippen molar-refractivity contribution in [2.45, 2.75) is 46.3 Å². The van der Waals surface area contributed by atoms with Gasteiger partial charge in [-0.2, -0.15) is 5.10 Å². The Morgan fingerprint density at radius 3 is 2.50 bits per heavy atom. The van der Waals surface area contributed by atoms with Gasteiger partial charge in [-0.1, -0.05) is 12.1 Å². The van der Waals surface area contributed by atoms with Crippen LogP contribution in [0.1, 0.15) is 37.6 Å². The third-order valence-electron chi connectivity index (χ3n) is 3.13. The first-order chi connectivity index (χ1) is 10.2. The number of nitrogen functional groups attached to an aromatic ring is 1. The number of aryl methyl sites for hydroxylation is 1. The van der Waals surface area contributed by atoms with Crippen molar-refractivity contribution in [1.82, 2.24) is 9.78 Å². The highest BCUT2D eigenvalue weighted by Crippen LogP contribution is 2.14. The van der Waals surface area contributed by atoms with Crippen LogP contribution in [0.2, 0.25) is 0 Å². The van der Waals surface area contributed by atoms with Crippen molar-refractivity contribution in [3.8, 4) is 0 Å². The lowest BCUT2D eigenvalue weighted by molar-refractivity contribution is -0.153. The number of rotatable bonds is 4. The van der Waals surface area contributed by atoms with Gasteiger partial charge in [0.05, 0.1) is 18.7 Å². The molecule has 0 aliphatic carbocycles. The van der Waals surface area contributed by atoms with Crippen LogP contribution in [0.4, 0.5) is 5.69 Å². The van der Waals surface area contributed by atoms with Crippen LogP contribution in [0.25, 0.3) is 0 Å². The number of anilines is 1. The summed E-state index contributed by atoms with van der Waals surface area (Å²) in [6.07, 6.45) is 2.14. The number of carbonyl (C=O) groups is 1. The summed E-state index contributed by atoms with van der Waals surface area (Å²) >= 11 is 0. The van der Waals surface area contributed by atoms with E-state index in [1.165, 1.54) is 0 Å². The molecule has 0 saturated heterocycles. The van der Waals surface area contributed by atoms with E-state index in [4.69, 9.17) is 10.5 Å². The van der Waals surface area contributed by atoms with Gasteiger partial charge in [0.2, 0.25) is 0 Å². The number of ether oxygens (including phenoxy) is 1. The lowest BCUT2D eigenvalue weighted by Gasteiger charge is -2.19. The number of nitrogens with zero attached hydrogens (tertiary/aromatic N) is 2. The smallest absolute Gasteiger partial charge is 0.310 e. The molecule has 0 aliphatic heterocycles. The fourth-order valence-electron chi connectivity index (χ4n) is 2.16. The van der Waals surface area contributed by atoms with Gasteiger partial charge in [-0.3, -0.25) is 9.48 Å². The molecule has 0 fully saturated rings. The highest BCUT2D eigenvalue weighted by atomic mass is 16.6. The van der Waals surface area contributed by atoms with Crippen LogP contribution >= 0.6 is 0 Å². The number of carbonyl (C=O) groups excluding carboxylic acids is 1. The number of hydrogen-bond donors (Lipinski definition) is 1. The zero-order valence-electron chi connectivity index (χ0n) is 13.6. The van der Waals surface area contributed by atoms with Crippen LogP contribution in [-0.4, -0.2) is 21.4 Å². The molecular weight excluding hydrogens is 278 g/mol. The van der Waals surface area contributed by atoms with Gasteiger partial charge in [-0.25, -0.2) is 0 Å². The predicted molar refractivity (Wildman–Crippen MR) is 86.5 cm³/mol. The molecule has 0 amide bonds. The van der Waals surface area contributed by atoms with Gasteiger partial charge in [0, 0.05) is 17.4 Å². The van der Waals surface area contributed by atoms with Crippen molar-refractivity contribution < 1.29 is 9.53 Å². The molecule has 22 heavy (non-hydrogen) atoms. The van der Waals surface area contributed by atoms with Gasteiger partial charge in [-0.15, -0.1) is 0 Å². The highest BCUT2D eigenvalue weighted by molar-refractivity contribution is 5.73. The predicted octanol–water partition coefficient (Wildman–Crippen LogP) is 2.71. The maximum absolute atomic E-state index is 11.9. The maximum Gasteiger partial charge on any atom is 0.310 e. The lowest BCUT2D eigenvalue weighted by atomic mass is 10.1. The molecule has 0 unspecified atom stereocenters. The largest absolute Gasteiger partial charge is 0.460 e. The summed E-state index contributed by atoms with van der Waals surface area (Å²) in [5, 5.41) is 4.46. The summed E-state index contributed by atoms with van der Waals surface area (Å²) in [7, 11) is 0. The van der Waals surface area contributed by atoms with E-state index in [1.54, 1.807) is 0 Å². The first-order valence-corrected chi connectivity index (χ1v) is 7.32. The standard InChI is InChI=1S/C17H23N3O2/c1-12-14(9-16(21)22-17(2,3)4)11-20(19-12)10-13-5-7-15(18)8-6-13/h5-8,11H,9-10,18H2,1-4H3. The van der Waals surface area contributed by atoms with E-state index in [1.807, 2.05) is 62.8 Å². The van der Waals surface area contributed by atoms with Crippen LogP contribution in [0.15, 0.2) is 30.5 Å². The number of hydrogen-bond acceptors (Lipinski definition) is 4. The number of nitrogens with two attached hydrogens (primary N) is 1. The minimum Gasteiger partial charge on any atom is -0.460 e. The minimum absolute atomic E-state index is 0.234. The van der Waals surface area contributed by atoms with Crippen LogP contribution in [0, 0.1) is 6.92 Å². The Morgan fingerprint density at radius 1 is 1.27 bits per heavy atom. The third-order valence-corrected chi connectivity index (χ3v) is 3.13. The normalized spacial score (nSPS) is 11.5. The molecule has 0 radical (unpaired) electrons. The molecule has 0 bridgehead atoms. The van der Waals surface area contributed by atoms with E-state index in [2.05, 4.69) is 5.10 Å². The van der Waals surface area contributed by atoms with E-state index in [9.17, 15) is 4.79 Å². The molecule has 2 N–H and O–H groups in total. The molecule has 1 aromatic carbocycles. The molecule has 5 nitrogen and oxygen atoms in total. The molecule has 5 heteroatoms. The SMILES string of the molecule is Cc1nn(Cc2ccc(N)cc2)cc1CC(=O)OC(C)(C)C. The summed E-state index contributed by atoms with van der Waals surface area (Å²) in [6, 6.07) is 7.68. The lowest BCUT2D eigenvalue weighted by Crippen LogP contribution is -2.25. The molecule has 0 atom stereocenters. The Kier molecular flexibility index (Phi) is 4.54. The second-order valence-corrected chi connectivity index (χ2v) is 6.44. The molecule has 2 rings (SSSR count). The Bertz CT molecular complexity index is 652. The van der Waals surface area contributed by atoms with E-state index in [0.29, 0.717) is 6.54 Å². The Morgan fingerprint density at radius 2 is 1.91 bits per heavy atom. The topological polar surface area (TPSA) is 70.1 Å². The average Bonchev–Trinajstić information content (AvgIpc) is 2.70. The quantitative estimate of drug-likeness (QED) is 0.696. The van der Waals surface area contributed by atoms with E-state index in [0.717, 1.165) is 22.5 Å². The van der Waals surface area contributed by atoms with Gasteiger partial charge < -0.3 is 10.5 Å².